The van der Waals surface area contributed by atoms with Gasteiger partial charge in [0, 0.05) is 19.0 Å². The second kappa shape index (κ2) is 10.1. The van der Waals surface area contributed by atoms with Gasteiger partial charge in [-0.25, -0.2) is 4.98 Å². The second-order valence-electron chi connectivity index (χ2n) is 10.7. The van der Waals surface area contributed by atoms with E-state index in [1.54, 1.807) is 24.3 Å². The van der Waals surface area contributed by atoms with Crippen LogP contribution in [-0.2, 0) is 9.59 Å². The number of aromatic nitrogens is 2. The van der Waals surface area contributed by atoms with Crippen molar-refractivity contribution in [3.8, 4) is 10.4 Å². The molecule has 1 fully saturated rings. The van der Waals surface area contributed by atoms with Crippen molar-refractivity contribution in [1.29, 1.82) is 0 Å². The third-order valence-electron chi connectivity index (χ3n) is 6.69. The third-order valence-corrected chi connectivity index (χ3v) is 7.66. The van der Waals surface area contributed by atoms with Crippen LogP contribution in [0.4, 0.5) is 0 Å². The van der Waals surface area contributed by atoms with Crippen molar-refractivity contribution in [2.75, 3.05) is 6.54 Å². The molecule has 4 atom stereocenters. The first-order valence-electron chi connectivity index (χ1n) is 12.2. The van der Waals surface area contributed by atoms with Gasteiger partial charge in [0.2, 0.25) is 11.8 Å². The highest BCUT2D eigenvalue weighted by atomic mass is 32.1. The third kappa shape index (κ3) is 5.37. The molecule has 0 radical (unpaired) electrons. The molecule has 9 heteroatoms. The van der Waals surface area contributed by atoms with E-state index in [1.807, 2.05) is 64.4 Å². The fraction of sp³-hybridized carbons (Fsp3) is 0.481. The number of hydrogen-bond acceptors (Lipinski definition) is 7. The van der Waals surface area contributed by atoms with E-state index in [2.05, 4.69) is 15.5 Å². The number of likely N-dealkylation sites (tertiary alicyclic amines) is 1. The Kier molecular flexibility index (Phi) is 7.33. The molecular formula is C27H34N4O4S. The summed E-state index contributed by atoms with van der Waals surface area (Å²) in [6.45, 7) is 11.7. The molecule has 1 aromatic carbocycles. The molecule has 3 aromatic rings. The number of β-amino-alcohol motifs (C(OH)–C–C–N with tert-alkyl or cyclic N) is 1. The van der Waals surface area contributed by atoms with Gasteiger partial charge in [0.05, 0.1) is 33.9 Å². The molecule has 0 unspecified atom stereocenters. The zero-order valence-corrected chi connectivity index (χ0v) is 22.4. The maximum atomic E-state index is 13.7. The zero-order chi connectivity index (χ0) is 26.2. The standard InChI is InChI=1S/C27H34N4O4S/c1-15-11-22(35-30-15)23(27(4,5)6)26(34)31-13-20(32)12-21(31)25(33)29-16(2)18-7-9-19(10-8-18)24-17(3)28-14-36-24/h7-11,14,16,20-21,23,32H,12-13H2,1-6H3,(H,29,33)/t16-,20+,21-,23+/m0/s1. The summed E-state index contributed by atoms with van der Waals surface area (Å²) < 4.78 is 5.46. The number of nitrogens with one attached hydrogen (secondary N) is 1. The number of aryl methyl sites for hydroxylation is 2. The fourth-order valence-electron chi connectivity index (χ4n) is 4.80. The number of rotatable bonds is 6. The second-order valence-corrected chi connectivity index (χ2v) is 11.5. The summed E-state index contributed by atoms with van der Waals surface area (Å²) in [5.41, 5.74) is 5.08. The Morgan fingerprint density at radius 3 is 2.47 bits per heavy atom. The number of aliphatic hydroxyl groups excluding tert-OH is 1. The number of nitrogens with zero attached hydrogens (tertiary/aromatic N) is 3. The van der Waals surface area contributed by atoms with Gasteiger partial charge in [-0.2, -0.15) is 0 Å². The number of carbonyl (C=O) groups is 2. The van der Waals surface area contributed by atoms with Gasteiger partial charge in [0.25, 0.3) is 0 Å². The predicted molar refractivity (Wildman–Crippen MR) is 138 cm³/mol. The van der Waals surface area contributed by atoms with Gasteiger partial charge in [-0.15, -0.1) is 11.3 Å². The number of carbonyl (C=O) groups excluding carboxylic acids is 2. The van der Waals surface area contributed by atoms with Crippen molar-refractivity contribution in [1.82, 2.24) is 20.4 Å². The van der Waals surface area contributed by atoms with Gasteiger partial charge in [-0.1, -0.05) is 50.2 Å². The maximum absolute atomic E-state index is 13.7. The normalized spacial score (nSPS) is 19.8. The van der Waals surface area contributed by atoms with Crippen LogP contribution in [0.5, 0.6) is 0 Å². The Balaban J connectivity index is 1.50. The van der Waals surface area contributed by atoms with E-state index in [1.165, 1.54) is 4.90 Å². The van der Waals surface area contributed by atoms with Gasteiger partial charge >= 0.3 is 0 Å². The van der Waals surface area contributed by atoms with Crippen LogP contribution in [0.15, 0.2) is 40.4 Å². The molecule has 1 aliphatic rings. The molecular weight excluding hydrogens is 476 g/mol. The number of benzene rings is 1. The highest BCUT2D eigenvalue weighted by Gasteiger charge is 2.46. The lowest BCUT2D eigenvalue weighted by atomic mass is 9.78. The molecule has 3 heterocycles. The smallest absolute Gasteiger partial charge is 0.243 e. The van der Waals surface area contributed by atoms with E-state index in [9.17, 15) is 14.7 Å². The van der Waals surface area contributed by atoms with Gasteiger partial charge in [-0.05, 0) is 37.3 Å². The topological polar surface area (TPSA) is 109 Å². The number of amides is 2. The summed E-state index contributed by atoms with van der Waals surface area (Å²) in [5, 5.41) is 17.4. The number of thiazole rings is 1. The summed E-state index contributed by atoms with van der Waals surface area (Å²) >= 11 is 1.60. The molecule has 192 valence electrons. The van der Waals surface area contributed by atoms with E-state index in [4.69, 9.17) is 4.52 Å². The molecule has 8 nitrogen and oxygen atoms in total. The zero-order valence-electron chi connectivity index (χ0n) is 21.6. The summed E-state index contributed by atoms with van der Waals surface area (Å²) in [4.78, 5) is 34.0. The van der Waals surface area contributed by atoms with E-state index in [0.29, 0.717) is 11.5 Å². The molecule has 0 saturated carbocycles. The van der Waals surface area contributed by atoms with Crippen molar-refractivity contribution in [2.45, 2.75) is 72.1 Å². The van der Waals surface area contributed by atoms with Crippen LogP contribution in [0, 0.1) is 19.3 Å². The van der Waals surface area contributed by atoms with Crippen LogP contribution in [0.3, 0.4) is 0 Å². The van der Waals surface area contributed by atoms with E-state index in [0.717, 1.165) is 21.7 Å². The molecule has 0 bridgehead atoms. The largest absolute Gasteiger partial charge is 0.391 e. The minimum absolute atomic E-state index is 0.105. The van der Waals surface area contributed by atoms with Crippen LogP contribution in [0.25, 0.3) is 10.4 Å². The van der Waals surface area contributed by atoms with Crippen LogP contribution in [0.1, 0.15) is 68.8 Å². The molecule has 36 heavy (non-hydrogen) atoms. The Labute approximate surface area is 215 Å². The van der Waals surface area contributed by atoms with Crippen molar-refractivity contribution in [2.24, 2.45) is 5.41 Å². The van der Waals surface area contributed by atoms with Gasteiger partial charge in [0.1, 0.15) is 17.7 Å². The van der Waals surface area contributed by atoms with Gasteiger partial charge < -0.3 is 19.8 Å². The fourth-order valence-corrected chi connectivity index (χ4v) is 5.62. The van der Waals surface area contributed by atoms with Crippen molar-refractivity contribution in [3.05, 3.63) is 58.6 Å². The SMILES string of the molecule is Cc1cc([C@H](C(=O)N2C[C@H](O)C[C@H]2C(=O)N[C@@H](C)c2ccc(-c3scnc3C)cc2)C(C)(C)C)on1. The molecule has 0 spiro atoms. The predicted octanol–water partition coefficient (Wildman–Crippen LogP) is 4.38. The van der Waals surface area contributed by atoms with Crippen molar-refractivity contribution >= 4 is 23.2 Å². The number of hydrogen-bond donors (Lipinski definition) is 2. The van der Waals surface area contributed by atoms with Gasteiger partial charge in [0.15, 0.2) is 0 Å². The maximum Gasteiger partial charge on any atom is 0.243 e. The quantitative estimate of drug-likeness (QED) is 0.509. The summed E-state index contributed by atoms with van der Waals surface area (Å²) in [7, 11) is 0. The Morgan fingerprint density at radius 2 is 1.92 bits per heavy atom. The van der Waals surface area contributed by atoms with E-state index in [-0.39, 0.29) is 30.8 Å². The Bertz CT molecular complexity index is 1230. The van der Waals surface area contributed by atoms with Gasteiger partial charge in [-0.3, -0.25) is 9.59 Å². The van der Waals surface area contributed by atoms with Crippen LogP contribution in [-0.4, -0.2) is 50.7 Å². The highest BCUT2D eigenvalue weighted by molar-refractivity contribution is 7.13. The minimum Gasteiger partial charge on any atom is -0.391 e. The molecule has 1 saturated heterocycles. The Hall–Kier alpha value is -3.04. The molecule has 2 amide bonds. The van der Waals surface area contributed by atoms with Crippen molar-refractivity contribution < 1.29 is 19.2 Å². The van der Waals surface area contributed by atoms with Crippen LogP contribution >= 0.6 is 11.3 Å². The molecule has 1 aliphatic heterocycles. The number of aliphatic hydroxyl groups is 1. The first-order valence-corrected chi connectivity index (χ1v) is 13.1. The highest BCUT2D eigenvalue weighted by Crippen LogP contribution is 2.38. The first-order chi connectivity index (χ1) is 17.0. The average molecular weight is 511 g/mol. The monoisotopic (exact) mass is 510 g/mol. The first kappa shape index (κ1) is 26.0. The lowest BCUT2D eigenvalue weighted by Crippen LogP contribution is -2.49. The molecule has 2 N–H and O–H groups in total. The molecule has 2 aromatic heterocycles. The van der Waals surface area contributed by atoms with E-state index >= 15 is 0 Å². The molecule has 4 rings (SSSR count). The van der Waals surface area contributed by atoms with Crippen LogP contribution < -0.4 is 5.32 Å². The summed E-state index contributed by atoms with van der Waals surface area (Å²) in [6, 6.07) is 8.78. The van der Waals surface area contributed by atoms with Crippen LogP contribution in [0.2, 0.25) is 0 Å². The summed E-state index contributed by atoms with van der Waals surface area (Å²) in [6.07, 6.45) is -0.570. The molecule has 0 aliphatic carbocycles. The van der Waals surface area contributed by atoms with Crippen molar-refractivity contribution in [3.63, 3.8) is 0 Å². The minimum atomic E-state index is -0.765. The summed E-state index contributed by atoms with van der Waals surface area (Å²) in [5.74, 6) is -0.682. The Morgan fingerprint density at radius 1 is 1.22 bits per heavy atom. The van der Waals surface area contributed by atoms with E-state index < -0.39 is 23.5 Å². The lowest BCUT2D eigenvalue weighted by Gasteiger charge is -2.33. The average Bonchev–Trinajstić information content (AvgIpc) is 3.53. The lowest BCUT2D eigenvalue weighted by molar-refractivity contribution is -0.142.